The Hall–Kier alpha value is -3.65. The maximum absolute atomic E-state index is 10.7. The van der Waals surface area contributed by atoms with E-state index in [4.69, 9.17) is 0 Å². The van der Waals surface area contributed by atoms with E-state index >= 15 is 0 Å². The number of nitro benzene ring substituents is 1. The number of hydrogen-bond acceptors (Lipinski definition) is 7. The molecule has 0 unspecified atom stereocenters. The van der Waals surface area contributed by atoms with Crippen molar-refractivity contribution in [3.05, 3.63) is 82.0 Å². The molecule has 0 fully saturated rings. The number of nitro groups is 1. The molecule has 0 atom stereocenters. The zero-order valence-electron chi connectivity index (χ0n) is 13.9. The molecule has 2 aromatic heterocycles. The quantitative estimate of drug-likeness (QED) is 0.310. The topological polar surface area (TPSA) is 93.3 Å². The van der Waals surface area contributed by atoms with E-state index in [1.807, 2.05) is 30.3 Å². The number of benzene rings is 2. The van der Waals surface area contributed by atoms with Gasteiger partial charge in [-0.15, -0.1) is 11.3 Å². The highest BCUT2D eigenvalue weighted by Gasteiger charge is 2.12. The normalized spacial score (nSPS) is 11.1. The Morgan fingerprint density at radius 2 is 1.85 bits per heavy atom. The molecule has 8 heteroatoms. The molecular weight excluding hydrogens is 362 g/mol. The molecule has 0 aliphatic heterocycles. The Morgan fingerprint density at radius 1 is 1.07 bits per heavy atom. The van der Waals surface area contributed by atoms with Crippen LogP contribution in [0.4, 0.5) is 11.5 Å². The summed E-state index contributed by atoms with van der Waals surface area (Å²) >= 11 is 1.55. The molecule has 132 valence electrons. The maximum atomic E-state index is 10.7. The zero-order chi connectivity index (χ0) is 18.6. The Labute approximate surface area is 158 Å². The summed E-state index contributed by atoms with van der Waals surface area (Å²) in [7, 11) is 0. The summed E-state index contributed by atoms with van der Waals surface area (Å²) in [4.78, 5) is 19.8. The number of non-ortho nitro benzene ring substituents is 1. The highest BCUT2D eigenvalue weighted by Crippen LogP contribution is 2.36. The fraction of sp³-hybridized carbons (Fsp3) is 0. The van der Waals surface area contributed by atoms with Crippen molar-refractivity contribution in [1.29, 1.82) is 0 Å². The average Bonchev–Trinajstić information content (AvgIpc) is 3.14. The second kappa shape index (κ2) is 7.30. The first-order valence-electron chi connectivity index (χ1n) is 8.03. The number of hydrogen-bond donors (Lipinski definition) is 1. The lowest BCUT2D eigenvalue weighted by atomic mass is 10.1. The van der Waals surface area contributed by atoms with Gasteiger partial charge in [0.25, 0.3) is 5.69 Å². The Bertz CT molecular complexity index is 1120. The summed E-state index contributed by atoms with van der Waals surface area (Å²) in [6, 6.07) is 16.2. The van der Waals surface area contributed by atoms with Crippen LogP contribution >= 0.6 is 11.3 Å². The van der Waals surface area contributed by atoms with Crippen LogP contribution in [0, 0.1) is 10.1 Å². The lowest BCUT2D eigenvalue weighted by Crippen LogP contribution is -1.95. The lowest BCUT2D eigenvalue weighted by Gasteiger charge is -2.04. The first-order chi connectivity index (χ1) is 13.2. The van der Waals surface area contributed by atoms with Crippen LogP contribution in [0.15, 0.2) is 71.4 Å². The molecule has 1 N–H and O–H groups in total. The van der Waals surface area contributed by atoms with E-state index in [9.17, 15) is 10.1 Å². The van der Waals surface area contributed by atoms with Crippen molar-refractivity contribution in [2.45, 2.75) is 0 Å². The second-order valence-corrected chi connectivity index (χ2v) is 6.49. The van der Waals surface area contributed by atoms with Crippen LogP contribution in [0.2, 0.25) is 0 Å². The number of thiophene rings is 1. The average molecular weight is 375 g/mol. The summed E-state index contributed by atoms with van der Waals surface area (Å²) in [5, 5.41) is 17.9. The largest absolute Gasteiger partial charge is 0.269 e. The smallest absolute Gasteiger partial charge is 0.261 e. The van der Waals surface area contributed by atoms with E-state index < -0.39 is 4.92 Å². The SMILES string of the molecule is O=[N+]([O-])c1ccc(/C=N/Nc2ncnc3scc(-c4ccccc4)c23)cc1. The van der Waals surface area contributed by atoms with E-state index in [-0.39, 0.29) is 5.69 Å². The predicted octanol–water partition coefficient (Wildman–Crippen LogP) is 4.71. The third-order valence-electron chi connectivity index (χ3n) is 3.94. The van der Waals surface area contributed by atoms with Gasteiger partial charge in [0.2, 0.25) is 0 Å². The van der Waals surface area contributed by atoms with E-state index in [2.05, 4.69) is 25.9 Å². The number of rotatable bonds is 5. The van der Waals surface area contributed by atoms with Crippen molar-refractivity contribution in [2.75, 3.05) is 5.43 Å². The van der Waals surface area contributed by atoms with Crippen LogP contribution < -0.4 is 5.43 Å². The molecular formula is C19H13N5O2S. The van der Waals surface area contributed by atoms with Crippen molar-refractivity contribution < 1.29 is 4.92 Å². The van der Waals surface area contributed by atoms with Crippen LogP contribution in [0.1, 0.15) is 5.56 Å². The molecule has 27 heavy (non-hydrogen) atoms. The minimum absolute atomic E-state index is 0.0448. The fourth-order valence-electron chi connectivity index (χ4n) is 2.64. The van der Waals surface area contributed by atoms with E-state index in [0.717, 1.165) is 26.9 Å². The van der Waals surface area contributed by atoms with Crippen molar-refractivity contribution in [3.8, 4) is 11.1 Å². The van der Waals surface area contributed by atoms with Gasteiger partial charge in [-0.1, -0.05) is 30.3 Å². The molecule has 0 aliphatic carbocycles. The Morgan fingerprint density at radius 3 is 2.59 bits per heavy atom. The molecule has 0 saturated heterocycles. The van der Waals surface area contributed by atoms with Gasteiger partial charge in [0, 0.05) is 23.1 Å². The molecule has 0 amide bonds. The molecule has 0 aliphatic rings. The van der Waals surface area contributed by atoms with Gasteiger partial charge in [-0.2, -0.15) is 5.10 Å². The zero-order valence-corrected chi connectivity index (χ0v) is 14.8. The number of nitrogens with one attached hydrogen (secondary N) is 1. The highest BCUT2D eigenvalue weighted by atomic mass is 32.1. The molecule has 2 heterocycles. The third-order valence-corrected chi connectivity index (χ3v) is 4.83. The van der Waals surface area contributed by atoms with Crippen molar-refractivity contribution in [1.82, 2.24) is 9.97 Å². The van der Waals surface area contributed by atoms with E-state index in [0.29, 0.717) is 5.82 Å². The van der Waals surface area contributed by atoms with Crippen molar-refractivity contribution in [2.24, 2.45) is 5.10 Å². The summed E-state index contributed by atoms with van der Waals surface area (Å²) in [6.45, 7) is 0. The van der Waals surface area contributed by atoms with E-state index in [1.165, 1.54) is 18.5 Å². The van der Waals surface area contributed by atoms with Gasteiger partial charge in [-0.3, -0.25) is 15.5 Å². The first kappa shape index (κ1) is 16.8. The van der Waals surface area contributed by atoms with Crippen molar-refractivity contribution in [3.63, 3.8) is 0 Å². The van der Waals surface area contributed by atoms with Crippen LogP contribution in [0.25, 0.3) is 21.3 Å². The van der Waals surface area contributed by atoms with E-state index in [1.54, 1.807) is 29.7 Å². The maximum Gasteiger partial charge on any atom is 0.269 e. The van der Waals surface area contributed by atoms with Gasteiger partial charge in [-0.25, -0.2) is 9.97 Å². The van der Waals surface area contributed by atoms with Gasteiger partial charge < -0.3 is 0 Å². The minimum atomic E-state index is -0.432. The van der Waals surface area contributed by atoms with Gasteiger partial charge >= 0.3 is 0 Å². The lowest BCUT2D eigenvalue weighted by molar-refractivity contribution is -0.384. The summed E-state index contributed by atoms with van der Waals surface area (Å²) in [6.07, 6.45) is 3.09. The molecule has 0 spiro atoms. The third kappa shape index (κ3) is 3.51. The summed E-state index contributed by atoms with van der Waals surface area (Å²) in [5.74, 6) is 0.610. The fourth-order valence-corrected chi connectivity index (χ4v) is 3.56. The number of anilines is 1. The van der Waals surface area contributed by atoms with Crippen LogP contribution in [-0.2, 0) is 0 Å². The van der Waals surface area contributed by atoms with Crippen LogP contribution in [0.3, 0.4) is 0 Å². The molecule has 4 aromatic rings. The molecule has 0 radical (unpaired) electrons. The van der Waals surface area contributed by atoms with Gasteiger partial charge in [-0.05, 0) is 23.3 Å². The van der Waals surface area contributed by atoms with Crippen LogP contribution in [0.5, 0.6) is 0 Å². The van der Waals surface area contributed by atoms with Gasteiger partial charge in [0.15, 0.2) is 5.82 Å². The highest BCUT2D eigenvalue weighted by molar-refractivity contribution is 7.17. The number of hydrazone groups is 1. The minimum Gasteiger partial charge on any atom is -0.261 e. The van der Waals surface area contributed by atoms with Crippen molar-refractivity contribution >= 4 is 39.3 Å². The molecule has 0 saturated carbocycles. The number of aromatic nitrogens is 2. The molecule has 2 aromatic carbocycles. The number of nitrogens with zero attached hydrogens (tertiary/aromatic N) is 4. The standard InChI is InChI=1S/C19H13N5O2S/c25-24(26)15-8-6-13(7-9-15)10-22-23-18-17-16(14-4-2-1-3-5-14)11-27-19(17)21-12-20-18/h1-12H,(H,20,21,23)/b22-10+. The molecule has 7 nitrogen and oxygen atoms in total. The first-order valence-corrected chi connectivity index (χ1v) is 8.91. The van der Waals surface area contributed by atoms with Gasteiger partial charge in [0.1, 0.15) is 11.2 Å². The summed E-state index contributed by atoms with van der Waals surface area (Å²) < 4.78 is 0. The molecule has 4 rings (SSSR count). The van der Waals surface area contributed by atoms with Gasteiger partial charge in [0.05, 0.1) is 16.5 Å². The summed E-state index contributed by atoms with van der Waals surface area (Å²) in [5.41, 5.74) is 5.88. The monoisotopic (exact) mass is 375 g/mol. The molecule has 0 bridgehead atoms. The second-order valence-electron chi connectivity index (χ2n) is 5.64. The Kier molecular flexibility index (Phi) is 4.54. The number of fused-ring (bicyclic) bond motifs is 1. The predicted molar refractivity (Wildman–Crippen MR) is 107 cm³/mol. The van der Waals surface area contributed by atoms with Crippen LogP contribution in [-0.4, -0.2) is 21.1 Å². The Balaban J connectivity index is 1.62.